The van der Waals surface area contributed by atoms with E-state index >= 15 is 0 Å². The van der Waals surface area contributed by atoms with E-state index in [0.29, 0.717) is 22.8 Å². The molecule has 0 spiro atoms. The summed E-state index contributed by atoms with van der Waals surface area (Å²) in [6.45, 7) is 3.10. The molecule has 4 nitrogen and oxygen atoms in total. The van der Waals surface area contributed by atoms with Crippen molar-refractivity contribution < 1.29 is 4.52 Å². The fraction of sp³-hybridized carbons (Fsp3) is 0.500. The topological polar surface area (TPSA) is 51.0 Å². The Morgan fingerprint density at radius 1 is 1.29 bits per heavy atom. The Balaban J connectivity index is 1.85. The molecule has 1 heterocycles. The van der Waals surface area contributed by atoms with E-state index in [2.05, 4.69) is 22.4 Å². The van der Waals surface area contributed by atoms with Gasteiger partial charge >= 0.3 is 0 Å². The highest BCUT2D eigenvalue weighted by Gasteiger charge is 2.30. The van der Waals surface area contributed by atoms with Gasteiger partial charge in [-0.15, -0.1) is 0 Å². The van der Waals surface area contributed by atoms with Crippen molar-refractivity contribution in [3.63, 3.8) is 0 Å². The van der Waals surface area contributed by atoms with Crippen LogP contribution in [0.25, 0.3) is 11.4 Å². The molecule has 0 bridgehead atoms. The molecule has 0 amide bonds. The van der Waals surface area contributed by atoms with Crippen LogP contribution in [-0.4, -0.2) is 22.7 Å². The van der Waals surface area contributed by atoms with Gasteiger partial charge in [-0.05, 0) is 31.5 Å². The summed E-state index contributed by atoms with van der Waals surface area (Å²) in [4.78, 5) is 4.60. The lowest BCUT2D eigenvalue weighted by Crippen LogP contribution is -2.37. The number of benzene rings is 1. The van der Waals surface area contributed by atoms with E-state index in [0.717, 1.165) is 24.4 Å². The van der Waals surface area contributed by atoms with Crippen molar-refractivity contribution in [2.75, 3.05) is 6.54 Å². The molecule has 0 aliphatic heterocycles. The van der Waals surface area contributed by atoms with Gasteiger partial charge in [0.05, 0.1) is 10.9 Å². The summed E-state index contributed by atoms with van der Waals surface area (Å²) in [6, 6.07) is 8.02. The van der Waals surface area contributed by atoms with Crippen molar-refractivity contribution in [3.05, 3.63) is 35.2 Å². The summed E-state index contributed by atoms with van der Waals surface area (Å²) in [5, 5.41) is 8.31. The highest BCUT2D eigenvalue weighted by Crippen LogP contribution is 2.34. The van der Waals surface area contributed by atoms with Crippen molar-refractivity contribution in [1.82, 2.24) is 15.5 Å². The highest BCUT2D eigenvalue weighted by atomic mass is 35.5. The third-order valence-electron chi connectivity index (χ3n) is 4.11. The van der Waals surface area contributed by atoms with Crippen molar-refractivity contribution in [3.8, 4) is 11.4 Å². The van der Waals surface area contributed by atoms with E-state index in [1.807, 2.05) is 24.3 Å². The molecule has 112 valence electrons. The average molecular weight is 306 g/mol. The predicted octanol–water partition coefficient (Wildman–Crippen LogP) is 4.03. The Kier molecular flexibility index (Phi) is 4.56. The van der Waals surface area contributed by atoms with Crippen LogP contribution in [0.15, 0.2) is 28.8 Å². The normalized spacial score (nSPS) is 22.4. The first-order valence-corrected chi connectivity index (χ1v) is 7.99. The van der Waals surface area contributed by atoms with E-state index < -0.39 is 0 Å². The molecular weight excluding hydrogens is 286 g/mol. The van der Waals surface area contributed by atoms with Crippen molar-refractivity contribution in [2.24, 2.45) is 0 Å². The largest absolute Gasteiger partial charge is 0.339 e. The van der Waals surface area contributed by atoms with E-state index in [9.17, 15) is 0 Å². The second-order valence-electron chi connectivity index (χ2n) is 5.49. The zero-order valence-corrected chi connectivity index (χ0v) is 12.9. The van der Waals surface area contributed by atoms with Gasteiger partial charge in [0, 0.05) is 11.6 Å². The zero-order valence-electron chi connectivity index (χ0n) is 12.2. The van der Waals surface area contributed by atoms with Crippen molar-refractivity contribution in [2.45, 2.75) is 44.6 Å². The minimum absolute atomic E-state index is 0.308. The van der Waals surface area contributed by atoms with Gasteiger partial charge in [-0.1, -0.05) is 48.7 Å². The second kappa shape index (κ2) is 6.58. The van der Waals surface area contributed by atoms with Gasteiger partial charge in [-0.25, -0.2) is 0 Å². The first-order chi connectivity index (χ1) is 10.3. The maximum absolute atomic E-state index is 6.20. The minimum Gasteiger partial charge on any atom is -0.339 e. The number of aromatic nitrogens is 2. The Labute approximate surface area is 129 Å². The monoisotopic (exact) mass is 305 g/mol. The summed E-state index contributed by atoms with van der Waals surface area (Å²) < 4.78 is 5.53. The van der Waals surface area contributed by atoms with Crippen LogP contribution in [0.4, 0.5) is 0 Å². The highest BCUT2D eigenvalue weighted by molar-refractivity contribution is 6.33. The van der Waals surface area contributed by atoms with Crippen molar-refractivity contribution >= 4 is 11.6 Å². The number of rotatable bonds is 4. The van der Waals surface area contributed by atoms with Crippen LogP contribution in [0.1, 0.15) is 44.4 Å². The van der Waals surface area contributed by atoms with Crippen LogP contribution in [-0.2, 0) is 0 Å². The number of likely N-dealkylation sites (N-methyl/N-ethyl adjacent to an activating group) is 1. The lowest BCUT2D eigenvalue weighted by atomic mass is 9.84. The van der Waals surface area contributed by atoms with Gasteiger partial charge in [0.15, 0.2) is 0 Å². The Morgan fingerprint density at radius 2 is 2.10 bits per heavy atom. The van der Waals surface area contributed by atoms with Crippen LogP contribution in [0, 0.1) is 0 Å². The molecule has 1 aromatic heterocycles. The fourth-order valence-electron chi connectivity index (χ4n) is 3.07. The Bertz CT molecular complexity index is 597. The number of nitrogens with zero attached hydrogens (tertiary/aromatic N) is 2. The summed E-state index contributed by atoms with van der Waals surface area (Å²) >= 11 is 6.20. The van der Waals surface area contributed by atoms with E-state index in [1.54, 1.807) is 0 Å². The zero-order chi connectivity index (χ0) is 14.7. The first-order valence-electron chi connectivity index (χ1n) is 7.61. The average Bonchev–Trinajstić information content (AvgIpc) is 2.98. The second-order valence-corrected chi connectivity index (χ2v) is 5.90. The van der Waals surface area contributed by atoms with Crippen LogP contribution in [0.2, 0.25) is 5.02 Å². The Morgan fingerprint density at radius 3 is 2.90 bits per heavy atom. The third-order valence-corrected chi connectivity index (χ3v) is 4.44. The third kappa shape index (κ3) is 3.11. The summed E-state index contributed by atoms with van der Waals surface area (Å²) in [5.41, 5.74) is 0.824. The number of hydrogen-bond acceptors (Lipinski definition) is 4. The molecule has 1 aliphatic carbocycles. The SMILES string of the molecule is CCNC1CCCCC1c1nc(-c2ccccc2Cl)no1. The minimum atomic E-state index is 0.308. The van der Waals surface area contributed by atoms with Crippen molar-refractivity contribution in [1.29, 1.82) is 0 Å². The fourth-order valence-corrected chi connectivity index (χ4v) is 3.29. The number of halogens is 1. The van der Waals surface area contributed by atoms with E-state index in [1.165, 1.54) is 19.3 Å². The molecule has 1 aliphatic rings. The molecule has 2 unspecified atom stereocenters. The summed E-state index contributed by atoms with van der Waals surface area (Å²) in [7, 11) is 0. The van der Waals surface area contributed by atoms with Gasteiger partial charge in [0.2, 0.25) is 11.7 Å². The van der Waals surface area contributed by atoms with Crippen LogP contribution in [0.5, 0.6) is 0 Å². The van der Waals surface area contributed by atoms with Gasteiger partial charge in [0.1, 0.15) is 0 Å². The maximum Gasteiger partial charge on any atom is 0.231 e. The molecule has 5 heteroatoms. The van der Waals surface area contributed by atoms with Crippen LogP contribution >= 0.6 is 11.6 Å². The molecular formula is C16H20ClN3O. The lowest BCUT2D eigenvalue weighted by Gasteiger charge is -2.29. The van der Waals surface area contributed by atoms with Gasteiger partial charge in [0.25, 0.3) is 0 Å². The number of nitrogens with one attached hydrogen (secondary N) is 1. The molecule has 2 atom stereocenters. The molecule has 1 N–H and O–H groups in total. The molecule has 1 fully saturated rings. The lowest BCUT2D eigenvalue weighted by molar-refractivity contribution is 0.265. The van der Waals surface area contributed by atoms with Crippen LogP contribution < -0.4 is 5.32 Å². The van der Waals surface area contributed by atoms with E-state index in [-0.39, 0.29) is 0 Å². The quantitative estimate of drug-likeness (QED) is 0.926. The smallest absolute Gasteiger partial charge is 0.231 e. The molecule has 1 saturated carbocycles. The number of hydrogen-bond donors (Lipinski definition) is 1. The molecule has 0 saturated heterocycles. The maximum atomic E-state index is 6.20. The molecule has 0 radical (unpaired) electrons. The van der Waals surface area contributed by atoms with Gasteiger partial charge < -0.3 is 9.84 Å². The molecule has 1 aromatic carbocycles. The summed E-state index contributed by atoms with van der Waals surface area (Å²) in [5.74, 6) is 1.62. The first kappa shape index (κ1) is 14.5. The van der Waals surface area contributed by atoms with Crippen LogP contribution in [0.3, 0.4) is 0 Å². The predicted molar refractivity (Wildman–Crippen MR) is 83.4 cm³/mol. The standard InChI is InChI=1S/C16H20ClN3O/c1-2-18-14-10-6-4-8-12(14)16-19-15(20-21-16)11-7-3-5-9-13(11)17/h3,5,7,9,12,14,18H,2,4,6,8,10H2,1H3. The van der Waals surface area contributed by atoms with E-state index in [4.69, 9.17) is 16.1 Å². The summed E-state index contributed by atoms with van der Waals surface area (Å²) in [6.07, 6.45) is 4.75. The van der Waals surface area contributed by atoms with Gasteiger partial charge in [-0.2, -0.15) is 4.98 Å². The van der Waals surface area contributed by atoms with Gasteiger partial charge in [-0.3, -0.25) is 0 Å². The molecule has 21 heavy (non-hydrogen) atoms. The Hall–Kier alpha value is -1.39. The molecule has 2 aromatic rings. The molecule has 3 rings (SSSR count).